The monoisotopic (exact) mass is 192 g/mol. The Morgan fingerprint density at radius 2 is 2.00 bits per heavy atom. The molecule has 0 nitrogen and oxygen atoms in total. The summed E-state index contributed by atoms with van der Waals surface area (Å²) in [5, 5.41) is 0. The van der Waals surface area contributed by atoms with Crippen LogP contribution in [0.15, 0.2) is 11.6 Å². The minimum absolute atomic E-state index is 0.992. The van der Waals surface area contributed by atoms with E-state index in [1.54, 1.807) is 5.57 Å². The van der Waals surface area contributed by atoms with E-state index >= 15 is 0 Å². The van der Waals surface area contributed by atoms with E-state index in [9.17, 15) is 0 Å². The topological polar surface area (TPSA) is 0 Å². The van der Waals surface area contributed by atoms with Gasteiger partial charge in [-0.2, -0.15) is 0 Å². The average Bonchev–Trinajstić information content (AvgIpc) is 2.23. The second kappa shape index (κ2) is 5.00. The van der Waals surface area contributed by atoms with Crippen molar-refractivity contribution in [3.63, 3.8) is 0 Å². The zero-order chi connectivity index (χ0) is 9.80. The van der Waals surface area contributed by atoms with Gasteiger partial charge in [-0.25, -0.2) is 0 Å². The Hall–Kier alpha value is -0.260. The molecular formula is C14H24. The van der Waals surface area contributed by atoms with Gasteiger partial charge in [-0.15, -0.1) is 0 Å². The lowest BCUT2D eigenvalue weighted by Crippen LogP contribution is -2.17. The molecule has 0 heterocycles. The highest BCUT2D eigenvalue weighted by atomic mass is 14.3. The molecule has 0 aromatic carbocycles. The summed E-state index contributed by atoms with van der Waals surface area (Å²) < 4.78 is 0. The van der Waals surface area contributed by atoms with E-state index in [1.165, 1.54) is 57.8 Å². The standard InChI is InChI=1S/C14H24/c1-12-7-5-6-10-14(12)11-13-8-3-2-4-9-13/h8,12,14H,2-7,9-11H2,1H3/t12-,14+/m0/s1. The van der Waals surface area contributed by atoms with Gasteiger partial charge in [0.2, 0.25) is 0 Å². The molecule has 0 saturated heterocycles. The van der Waals surface area contributed by atoms with E-state index in [4.69, 9.17) is 0 Å². The summed E-state index contributed by atoms with van der Waals surface area (Å²) in [5.41, 5.74) is 1.79. The number of hydrogen-bond donors (Lipinski definition) is 0. The lowest BCUT2D eigenvalue weighted by molar-refractivity contribution is 0.252. The van der Waals surface area contributed by atoms with Gasteiger partial charge in [-0.05, 0) is 50.4 Å². The van der Waals surface area contributed by atoms with Gasteiger partial charge < -0.3 is 0 Å². The van der Waals surface area contributed by atoms with Gasteiger partial charge in [-0.3, -0.25) is 0 Å². The molecule has 0 aliphatic heterocycles. The molecule has 0 bridgehead atoms. The van der Waals surface area contributed by atoms with Crippen LogP contribution < -0.4 is 0 Å². The Morgan fingerprint density at radius 3 is 2.71 bits per heavy atom. The quantitative estimate of drug-likeness (QED) is 0.556. The normalized spacial score (nSPS) is 33.9. The largest absolute Gasteiger partial charge is 0.0853 e. The summed E-state index contributed by atoms with van der Waals surface area (Å²) in [6.07, 6.45) is 15.6. The van der Waals surface area contributed by atoms with Gasteiger partial charge in [0, 0.05) is 0 Å². The van der Waals surface area contributed by atoms with E-state index in [-0.39, 0.29) is 0 Å². The Kier molecular flexibility index (Phi) is 3.67. The Labute approximate surface area is 88.8 Å². The van der Waals surface area contributed by atoms with Crippen molar-refractivity contribution >= 4 is 0 Å². The van der Waals surface area contributed by atoms with Crippen LogP contribution in [0.5, 0.6) is 0 Å². The highest BCUT2D eigenvalue weighted by Gasteiger charge is 2.22. The molecule has 1 fully saturated rings. The van der Waals surface area contributed by atoms with Crippen LogP contribution in [0.2, 0.25) is 0 Å². The van der Waals surface area contributed by atoms with Crippen molar-refractivity contribution in [2.75, 3.05) is 0 Å². The zero-order valence-corrected chi connectivity index (χ0v) is 9.60. The molecule has 0 amide bonds. The number of allylic oxidation sites excluding steroid dienone is 2. The summed E-state index contributed by atoms with van der Waals surface area (Å²) in [5.74, 6) is 2.01. The molecule has 0 heteroatoms. The first-order chi connectivity index (χ1) is 6.86. The molecule has 2 aliphatic rings. The second-order valence-electron chi connectivity index (χ2n) is 5.33. The molecule has 0 radical (unpaired) electrons. The molecular weight excluding hydrogens is 168 g/mol. The predicted molar refractivity (Wildman–Crippen MR) is 62.3 cm³/mol. The third-order valence-electron chi connectivity index (χ3n) is 4.20. The summed E-state index contributed by atoms with van der Waals surface area (Å²) in [4.78, 5) is 0. The van der Waals surface area contributed by atoms with Gasteiger partial charge in [-0.1, -0.05) is 37.8 Å². The maximum atomic E-state index is 2.53. The first kappa shape index (κ1) is 10.3. The van der Waals surface area contributed by atoms with E-state index in [0.717, 1.165) is 11.8 Å². The smallest absolute Gasteiger partial charge is 0.0289 e. The molecule has 0 aromatic rings. The van der Waals surface area contributed by atoms with Gasteiger partial charge in [0.05, 0.1) is 0 Å². The van der Waals surface area contributed by atoms with Gasteiger partial charge in [0.25, 0.3) is 0 Å². The number of rotatable bonds is 2. The van der Waals surface area contributed by atoms with Crippen molar-refractivity contribution in [3.8, 4) is 0 Å². The van der Waals surface area contributed by atoms with Crippen LogP contribution in [-0.2, 0) is 0 Å². The maximum Gasteiger partial charge on any atom is -0.0289 e. The third kappa shape index (κ3) is 2.62. The van der Waals surface area contributed by atoms with Crippen molar-refractivity contribution in [3.05, 3.63) is 11.6 Å². The molecule has 0 N–H and O–H groups in total. The van der Waals surface area contributed by atoms with Gasteiger partial charge >= 0.3 is 0 Å². The zero-order valence-electron chi connectivity index (χ0n) is 9.60. The summed E-state index contributed by atoms with van der Waals surface area (Å²) >= 11 is 0. The van der Waals surface area contributed by atoms with Crippen molar-refractivity contribution in [1.82, 2.24) is 0 Å². The van der Waals surface area contributed by atoms with Crippen LogP contribution in [0.3, 0.4) is 0 Å². The van der Waals surface area contributed by atoms with Gasteiger partial charge in [0.15, 0.2) is 0 Å². The average molecular weight is 192 g/mol. The highest BCUT2D eigenvalue weighted by molar-refractivity contribution is 5.06. The fourth-order valence-electron chi connectivity index (χ4n) is 3.12. The van der Waals surface area contributed by atoms with E-state index in [0.29, 0.717) is 0 Å². The van der Waals surface area contributed by atoms with E-state index in [1.807, 2.05) is 0 Å². The molecule has 2 aliphatic carbocycles. The summed E-state index contributed by atoms with van der Waals surface area (Å²) in [6, 6.07) is 0. The fourth-order valence-corrected chi connectivity index (χ4v) is 3.12. The van der Waals surface area contributed by atoms with Crippen LogP contribution in [0.1, 0.15) is 64.7 Å². The predicted octanol–water partition coefficient (Wildman–Crippen LogP) is 4.70. The molecule has 80 valence electrons. The fraction of sp³-hybridized carbons (Fsp3) is 0.857. The Bertz CT molecular complexity index is 202. The molecule has 0 spiro atoms. The number of hydrogen-bond acceptors (Lipinski definition) is 0. The maximum absolute atomic E-state index is 2.53. The van der Waals surface area contributed by atoms with Crippen molar-refractivity contribution in [2.24, 2.45) is 11.8 Å². The lowest BCUT2D eigenvalue weighted by Gasteiger charge is -2.30. The van der Waals surface area contributed by atoms with Crippen molar-refractivity contribution in [1.29, 1.82) is 0 Å². The molecule has 2 rings (SSSR count). The van der Waals surface area contributed by atoms with Crippen LogP contribution >= 0.6 is 0 Å². The van der Waals surface area contributed by atoms with Crippen molar-refractivity contribution < 1.29 is 0 Å². The van der Waals surface area contributed by atoms with E-state index in [2.05, 4.69) is 13.0 Å². The Balaban J connectivity index is 1.85. The first-order valence-corrected chi connectivity index (χ1v) is 6.54. The third-order valence-corrected chi connectivity index (χ3v) is 4.20. The second-order valence-corrected chi connectivity index (χ2v) is 5.33. The molecule has 0 unspecified atom stereocenters. The molecule has 1 saturated carbocycles. The molecule has 2 atom stereocenters. The Morgan fingerprint density at radius 1 is 1.14 bits per heavy atom. The van der Waals surface area contributed by atoms with Crippen LogP contribution in [0, 0.1) is 11.8 Å². The summed E-state index contributed by atoms with van der Waals surface area (Å²) in [6.45, 7) is 2.47. The first-order valence-electron chi connectivity index (χ1n) is 6.54. The molecule has 14 heavy (non-hydrogen) atoms. The minimum Gasteiger partial charge on any atom is -0.0853 e. The summed E-state index contributed by atoms with van der Waals surface area (Å²) in [7, 11) is 0. The molecule has 0 aromatic heterocycles. The SMILES string of the molecule is C[C@H]1CCCC[C@@H]1CC1=CCCCC1. The van der Waals surface area contributed by atoms with Crippen LogP contribution in [0.25, 0.3) is 0 Å². The van der Waals surface area contributed by atoms with Crippen LogP contribution in [-0.4, -0.2) is 0 Å². The van der Waals surface area contributed by atoms with Gasteiger partial charge in [0.1, 0.15) is 0 Å². The van der Waals surface area contributed by atoms with E-state index < -0.39 is 0 Å². The van der Waals surface area contributed by atoms with Crippen molar-refractivity contribution in [2.45, 2.75) is 64.7 Å². The highest BCUT2D eigenvalue weighted by Crippen LogP contribution is 2.35. The minimum atomic E-state index is 0.992. The van der Waals surface area contributed by atoms with Crippen LogP contribution in [0.4, 0.5) is 0 Å². The lowest BCUT2D eigenvalue weighted by atomic mass is 9.76.